The van der Waals surface area contributed by atoms with Gasteiger partial charge in [0.1, 0.15) is 4.21 Å². The smallest absolute Gasteiger partial charge is 0.310 e. The van der Waals surface area contributed by atoms with Crippen molar-refractivity contribution in [1.29, 1.82) is 0 Å². The third-order valence-corrected chi connectivity index (χ3v) is 7.98. The average molecular weight is 417 g/mol. The van der Waals surface area contributed by atoms with Gasteiger partial charge in [-0.2, -0.15) is 4.31 Å². The Hall–Kier alpha value is -1.49. The molecule has 1 aromatic heterocycles. The van der Waals surface area contributed by atoms with Crippen LogP contribution in [-0.4, -0.2) is 75.0 Å². The van der Waals surface area contributed by atoms with E-state index in [0.29, 0.717) is 39.1 Å². The second-order valence-corrected chi connectivity index (χ2v) is 9.88. The molecule has 0 aliphatic carbocycles. The van der Waals surface area contributed by atoms with E-state index < -0.39 is 21.9 Å². The molecule has 0 spiro atoms. The number of carbonyl (C=O) groups excluding carboxylic acids is 2. The molecule has 0 radical (unpaired) electrons. The van der Waals surface area contributed by atoms with Crippen LogP contribution in [-0.2, 0) is 29.1 Å². The van der Waals surface area contributed by atoms with Gasteiger partial charge < -0.3 is 14.4 Å². The summed E-state index contributed by atoms with van der Waals surface area (Å²) in [6.45, 7) is 3.47. The molecule has 2 saturated heterocycles. The van der Waals surface area contributed by atoms with Crippen LogP contribution in [0.2, 0.25) is 0 Å². The van der Waals surface area contributed by atoms with Crippen LogP contribution in [0.3, 0.4) is 0 Å². The van der Waals surface area contributed by atoms with Gasteiger partial charge in [-0.3, -0.25) is 9.59 Å². The maximum absolute atomic E-state index is 12.6. The Bertz CT molecular complexity index is 764. The molecule has 3 heterocycles. The monoisotopic (exact) mass is 416 g/mol. The molecule has 1 aromatic rings. The molecule has 0 aromatic carbocycles. The van der Waals surface area contributed by atoms with Gasteiger partial charge in [0, 0.05) is 26.2 Å². The first-order chi connectivity index (χ1) is 12.9. The number of piperidine rings is 1. The van der Waals surface area contributed by atoms with Gasteiger partial charge in [-0.05, 0) is 31.2 Å². The van der Waals surface area contributed by atoms with Gasteiger partial charge in [0.05, 0.1) is 18.6 Å². The highest BCUT2D eigenvalue weighted by Crippen LogP contribution is 2.26. The summed E-state index contributed by atoms with van der Waals surface area (Å²) in [6, 6.07) is 3.25. The van der Waals surface area contributed by atoms with Gasteiger partial charge in [-0.15, -0.1) is 11.3 Å². The van der Waals surface area contributed by atoms with Gasteiger partial charge in [-0.25, -0.2) is 8.42 Å². The first-order valence-corrected chi connectivity index (χ1v) is 11.3. The minimum atomic E-state index is -3.58. The Morgan fingerprint density at radius 2 is 2.15 bits per heavy atom. The number of ether oxygens (including phenoxy) is 2. The summed E-state index contributed by atoms with van der Waals surface area (Å²) in [5.74, 6) is -1.32. The van der Waals surface area contributed by atoms with Crippen LogP contribution in [0.25, 0.3) is 0 Å². The van der Waals surface area contributed by atoms with Crippen LogP contribution in [0.1, 0.15) is 19.8 Å². The van der Waals surface area contributed by atoms with Crippen LogP contribution in [0.4, 0.5) is 0 Å². The molecule has 8 nitrogen and oxygen atoms in total. The quantitative estimate of drug-likeness (QED) is 0.663. The van der Waals surface area contributed by atoms with Crippen LogP contribution < -0.4 is 0 Å². The zero-order valence-electron chi connectivity index (χ0n) is 15.2. The summed E-state index contributed by atoms with van der Waals surface area (Å²) in [5, 5.41) is 1.71. The van der Waals surface area contributed by atoms with Gasteiger partial charge >= 0.3 is 5.97 Å². The van der Waals surface area contributed by atoms with E-state index in [2.05, 4.69) is 0 Å². The van der Waals surface area contributed by atoms with Crippen molar-refractivity contribution in [2.24, 2.45) is 5.92 Å². The van der Waals surface area contributed by atoms with Crippen molar-refractivity contribution in [3.63, 3.8) is 0 Å². The van der Waals surface area contributed by atoms with Crippen molar-refractivity contribution in [3.8, 4) is 0 Å². The number of morpholine rings is 1. The standard InChI is InChI=1S/C17H24N2O6S2/c1-13-10-18(7-8-24-13)15(20)12-25-17(21)14-4-2-6-19(11-14)27(22,23)16-5-3-9-26-16/h3,5,9,13-14H,2,4,6-8,10-12H2,1H3. The van der Waals surface area contributed by atoms with E-state index in [9.17, 15) is 18.0 Å². The minimum absolute atomic E-state index is 0.0345. The van der Waals surface area contributed by atoms with Gasteiger partial charge in [0.25, 0.3) is 15.9 Å². The summed E-state index contributed by atoms with van der Waals surface area (Å²) in [4.78, 5) is 26.2. The number of carbonyl (C=O) groups is 2. The molecular weight excluding hydrogens is 392 g/mol. The lowest BCUT2D eigenvalue weighted by Crippen LogP contribution is -2.47. The second kappa shape index (κ2) is 8.68. The number of thiophene rings is 1. The average Bonchev–Trinajstić information content (AvgIpc) is 3.21. The molecule has 150 valence electrons. The molecular formula is C17H24N2O6S2. The molecule has 0 bridgehead atoms. The lowest BCUT2D eigenvalue weighted by Gasteiger charge is -2.32. The maximum Gasteiger partial charge on any atom is 0.310 e. The highest BCUT2D eigenvalue weighted by Gasteiger charge is 2.35. The Labute approximate surface area is 163 Å². The van der Waals surface area contributed by atoms with Crippen molar-refractivity contribution in [3.05, 3.63) is 17.5 Å². The third kappa shape index (κ3) is 4.87. The molecule has 3 rings (SSSR count). The molecule has 0 saturated carbocycles. The topological polar surface area (TPSA) is 93.2 Å². The zero-order valence-corrected chi connectivity index (χ0v) is 16.8. The second-order valence-electron chi connectivity index (χ2n) is 6.76. The fourth-order valence-electron chi connectivity index (χ4n) is 3.28. The van der Waals surface area contributed by atoms with E-state index in [4.69, 9.17) is 9.47 Å². The number of esters is 1. The number of amides is 1. The van der Waals surface area contributed by atoms with E-state index in [1.807, 2.05) is 6.92 Å². The van der Waals surface area contributed by atoms with Crippen molar-refractivity contribution < 1.29 is 27.5 Å². The molecule has 27 heavy (non-hydrogen) atoms. The summed E-state index contributed by atoms with van der Waals surface area (Å²) < 4.78 is 37.5. The first kappa shape index (κ1) is 20.2. The van der Waals surface area contributed by atoms with Gasteiger partial charge in [0.15, 0.2) is 6.61 Å². The predicted molar refractivity (Wildman–Crippen MR) is 98.8 cm³/mol. The zero-order chi connectivity index (χ0) is 19.4. The summed E-state index contributed by atoms with van der Waals surface area (Å²) >= 11 is 1.16. The van der Waals surface area contributed by atoms with Crippen LogP contribution in [0.15, 0.2) is 21.7 Å². The molecule has 2 aliphatic rings. The van der Waals surface area contributed by atoms with E-state index in [-0.39, 0.29) is 29.4 Å². The summed E-state index contributed by atoms with van der Waals surface area (Å²) in [6.07, 6.45) is 1.10. The number of rotatable bonds is 5. The Morgan fingerprint density at radius 1 is 1.33 bits per heavy atom. The molecule has 2 aliphatic heterocycles. The largest absolute Gasteiger partial charge is 0.455 e. The van der Waals surface area contributed by atoms with E-state index in [1.165, 1.54) is 4.31 Å². The highest BCUT2D eigenvalue weighted by molar-refractivity contribution is 7.91. The number of hydrogen-bond donors (Lipinski definition) is 0. The highest BCUT2D eigenvalue weighted by atomic mass is 32.2. The third-order valence-electron chi connectivity index (χ3n) is 4.74. The lowest BCUT2D eigenvalue weighted by atomic mass is 10.00. The Morgan fingerprint density at radius 3 is 2.85 bits per heavy atom. The summed E-state index contributed by atoms with van der Waals surface area (Å²) in [7, 11) is -3.58. The van der Waals surface area contributed by atoms with Crippen LogP contribution in [0, 0.1) is 5.92 Å². The first-order valence-electron chi connectivity index (χ1n) is 8.97. The Balaban J connectivity index is 1.53. The SMILES string of the molecule is CC1CN(C(=O)COC(=O)C2CCCN(S(=O)(=O)c3cccs3)C2)CCO1. The minimum Gasteiger partial charge on any atom is -0.455 e. The molecule has 0 N–H and O–H groups in total. The van der Waals surface area contributed by atoms with Gasteiger partial charge in [-0.1, -0.05) is 6.07 Å². The summed E-state index contributed by atoms with van der Waals surface area (Å²) in [5.41, 5.74) is 0. The van der Waals surface area contributed by atoms with E-state index >= 15 is 0 Å². The van der Waals surface area contributed by atoms with E-state index in [0.717, 1.165) is 11.3 Å². The van der Waals surface area contributed by atoms with E-state index in [1.54, 1.807) is 22.4 Å². The normalized spacial score (nSPS) is 24.6. The van der Waals surface area contributed by atoms with Gasteiger partial charge in [0.2, 0.25) is 0 Å². The fraction of sp³-hybridized carbons (Fsp3) is 0.647. The predicted octanol–water partition coefficient (Wildman–Crippen LogP) is 0.939. The Kier molecular flexibility index (Phi) is 6.51. The fourth-order valence-corrected chi connectivity index (χ4v) is 5.95. The molecule has 2 atom stereocenters. The van der Waals surface area contributed by atoms with Crippen LogP contribution in [0.5, 0.6) is 0 Å². The number of sulfonamides is 1. The van der Waals surface area contributed by atoms with Crippen molar-refractivity contribution in [1.82, 2.24) is 9.21 Å². The number of hydrogen-bond acceptors (Lipinski definition) is 7. The number of nitrogens with zero attached hydrogens (tertiary/aromatic N) is 2. The van der Waals surface area contributed by atoms with Crippen LogP contribution >= 0.6 is 11.3 Å². The van der Waals surface area contributed by atoms with Crippen molar-refractivity contribution >= 4 is 33.2 Å². The maximum atomic E-state index is 12.6. The molecule has 2 fully saturated rings. The van der Waals surface area contributed by atoms with Crippen molar-refractivity contribution in [2.45, 2.75) is 30.1 Å². The lowest BCUT2D eigenvalue weighted by molar-refractivity contribution is -0.158. The molecule has 2 unspecified atom stereocenters. The van der Waals surface area contributed by atoms with Crippen molar-refractivity contribution in [2.75, 3.05) is 39.4 Å². The molecule has 10 heteroatoms. The molecule has 1 amide bonds.